The fraction of sp³-hybridized carbons (Fsp3) is 0.519. The van der Waals surface area contributed by atoms with Gasteiger partial charge in [0.1, 0.15) is 11.5 Å². The summed E-state index contributed by atoms with van der Waals surface area (Å²) in [5.74, 6) is 3.99. The molecule has 1 aliphatic heterocycles. The molecule has 5 rings (SSSR count). The molecule has 3 fully saturated rings. The maximum atomic E-state index is 12.6. The molecule has 4 nitrogen and oxygen atoms in total. The van der Waals surface area contributed by atoms with Gasteiger partial charge < -0.3 is 14.4 Å². The van der Waals surface area contributed by atoms with E-state index in [2.05, 4.69) is 17.0 Å². The maximum Gasteiger partial charge on any atom is 0.200 e. The first-order valence-corrected chi connectivity index (χ1v) is 11.8. The van der Waals surface area contributed by atoms with Crippen LogP contribution in [0.25, 0.3) is 0 Å². The smallest absolute Gasteiger partial charge is 0.200 e. The Balaban J connectivity index is 1.20. The van der Waals surface area contributed by atoms with Gasteiger partial charge in [0.2, 0.25) is 0 Å². The molecule has 2 aromatic rings. The average Bonchev–Trinajstić information content (AvgIpc) is 3.47. The summed E-state index contributed by atoms with van der Waals surface area (Å²) >= 11 is 0. The van der Waals surface area contributed by atoms with E-state index in [1.54, 1.807) is 13.2 Å². The SMILES string of the molecule is COc1cccc(C(=O)COc2ccccc2C2CCN([C@H]3C[C@H]4CC[C@H]3C4)CC2)c1. The Morgan fingerprint density at radius 1 is 1.00 bits per heavy atom. The van der Waals surface area contributed by atoms with Gasteiger partial charge in [0, 0.05) is 11.6 Å². The number of rotatable bonds is 7. The summed E-state index contributed by atoms with van der Waals surface area (Å²) in [6.07, 6.45) is 8.18. The van der Waals surface area contributed by atoms with E-state index < -0.39 is 0 Å². The van der Waals surface area contributed by atoms with Crippen LogP contribution in [0.5, 0.6) is 11.5 Å². The van der Waals surface area contributed by atoms with Gasteiger partial charge in [0.25, 0.3) is 0 Å². The summed E-state index contributed by atoms with van der Waals surface area (Å²) in [5, 5.41) is 0. The highest BCUT2D eigenvalue weighted by molar-refractivity contribution is 5.97. The Kier molecular flexibility index (Phi) is 5.99. The lowest BCUT2D eigenvalue weighted by molar-refractivity contribution is 0.0917. The number of piperidine rings is 1. The van der Waals surface area contributed by atoms with Gasteiger partial charge in [-0.05, 0) is 86.7 Å². The molecule has 0 aromatic heterocycles. The van der Waals surface area contributed by atoms with Gasteiger partial charge in [-0.1, -0.05) is 36.8 Å². The second-order valence-corrected chi connectivity index (χ2v) is 9.53. The molecule has 0 radical (unpaired) electrons. The van der Waals surface area contributed by atoms with Crippen LogP contribution in [0.1, 0.15) is 60.4 Å². The van der Waals surface area contributed by atoms with Gasteiger partial charge in [-0.2, -0.15) is 0 Å². The van der Waals surface area contributed by atoms with Crippen molar-refractivity contribution in [1.29, 1.82) is 0 Å². The van der Waals surface area contributed by atoms with Gasteiger partial charge >= 0.3 is 0 Å². The van der Waals surface area contributed by atoms with Crippen molar-refractivity contribution < 1.29 is 14.3 Å². The van der Waals surface area contributed by atoms with Crippen LogP contribution in [0.3, 0.4) is 0 Å². The van der Waals surface area contributed by atoms with Crippen LogP contribution in [-0.4, -0.2) is 43.5 Å². The Morgan fingerprint density at radius 2 is 1.84 bits per heavy atom. The van der Waals surface area contributed by atoms with Crippen molar-refractivity contribution in [2.45, 2.75) is 50.5 Å². The Labute approximate surface area is 185 Å². The van der Waals surface area contributed by atoms with E-state index in [-0.39, 0.29) is 12.4 Å². The average molecular weight is 420 g/mol. The molecule has 0 unspecified atom stereocenters. The van der Waals surface area contributed by atoms with E-state index in [0.717, 1.165) is 23.6 Å². The molecule has 2 bridgehead atoms. The number of likely N-dealkylation sites (tertiary alicyclic amines) is 1. The number of ether oxygens (including phenoxy) is 2. The second-order valence-electron chi connectivity index (χ2n) is 9.53. The zero-order valence-corrected chi connectivity index (χ0v) is 18.5. The molecular formula is C27H33NO3. The topological polar surface area (TPSA) is 38.8 Å². The van der Waals surface area contributed by atoms with E-state index in [9.17, 15) is 4.79 Å². The monoisotopic (exact) mass is 419 g/mol. The molecule has 0 N–H and O–H groups in total. The van der Waals surface area contributed by atoms with Crippen molar-refractivity contribution in [2.75, 3.05) is 26.8 Å². The number of Topliss-reactive ketones (excluding diaryl/α,β-unsaturated/α-hetero) is 1. The van der Waals surface area contributed by atoms with Crippen molar-refractivity contribution in [2.24, 2.45) is 11.8 Å². The predicted molar refractivity (Wildman–Crippen MR) is 122 cm³/mol. The number of methoxy groups -OCH3 is 1. The first kappa shape index (κ1) is 20.6. The summed E-state index contributed by atoms with van der Waals surface area (Å²) in [6.45, 7) is 2.43. The molecule has 0 spiro atoms. The third kappa shape index (κ3) is 4.36. The lowest BCUT2D eigenvalue weighted by Crippen LogP contribution is -2.43. The lowest BCUT2D eigenvalue weighted by Gasteiger charge is -2.40. The zero-order valence-electron chi connectivity index (χ0n) is 18.5. The Hall–Kier alpha value is -2.33. The van der Waals surface area contributed by atoms with Crippen LogP contribution in [0, 0.1) is 11.8 Å². The minimum atomic E-state index is -0.0280. The van der Waals surface area contributed by atoms with E-state index in [1.807, 2.05) is 30.3 Å². The summed E-state index contributed by atoms with van der Waals surface area (Å²) < 4.78 is 11.3. The Morgan fingerprint density at radius 3 is 2.58 bits per heavy atom. The van der Waals surface area contributed by atoms with Crippen LogP contribution >= 0.6 is 0 Å². The number of ketones is 1. The summed E-state index contributed by atoms with van der Waals surface area (Å²) in [5.41, 5.74) is 1.88. The third-order valence-corrected chi connectivity index (χ3v) is 7.81. The van der Waals surface area contributed by atoms with E-state index in [0.29, 0.717) is 17.2 Å². The van der Waals surface area contributed by atoms with Crippen molar-refractivity contribution in [3.8, 4) is 11.5 Å². The summed E-state index contributed by atoms with van der Waals surface area (Å²) in [7, 11) is 1.61. The fourth-order valence-electron chi connectivity index (χ4n) is 6.17. The number of hydrogen-bond acceptors (Lipinski definition) is 4. The molecular weight excluding hydrogens is 386 g/mol. The van der Waals surface area contributed by atoms with Gasteiger partial charge in [-0.25, -0.2) is 0 Å². The number of para-hydroxylation sites is 1. The largest absolute Gasteiger partial charge is 0.497 e. The molecule has 2 aromatic carbocycles. The molecule has 1 heterocycles. The number of fused-ring (bicyclic) bond motifs is 2. The molecule has 3 atom stereocenters. The predicted octanol–water partition coefficient (Wildman–Crippen LogP) is 5.32. The molecule has 2 aliphatic carbocycles. The van der Waals surface area contributed by atoms with Crippen molar-refractivity contribution in [3.05, 3.63) is 59.7 Å². The molecule has 4 heteroatoms. The molecule has 164 valence electrons. The van der Waals surface area contributed by atoms with Crippen molar-refractivity contribution in [3.63, 3.8) is 0 Å². The van der Waals surface area contributed by atoms with Crippen molar-refractivity contribution >= 4 is 5.78 Å². The van der Waals surface area contributed by atoms with Gasteiger partial charge in [-0.3, -0.25) is 4.79 Å². The normalized spacial score (nSPS) is 26.2. The van der Waals surface area contributed by atoms with Gasteiger partial charge in [0.05, 0.1) is 7.11 Å². The van der Waals surface area contributed by atoms with E-state index in [4.69, 9.17) is 9.47 Å². The Bertz CT molecular complexity index is 918. The van der Waals surface area contributed by atoms with E-state index >= 15 is 0 Å². The first-order chi connectivity index (χ1) is 15.2. The molecule has 31 heavy (non-hydrogen) atoms. The highest BCUT2D eigenvalue weighted by atomic mass is 16.5. The molecule has 0 amide bonds. The number of nitrogens with zero attached hydrogens (tertiary/aromatic N) is 1. The second kappa shape index (κ2) is 9.04. The minimum absolute atomic E-state index is 0.0280. The molecule has 2 saturated carbocycles. The molecule has 1 saturated heterocycles. The number of hydrogen-bond donors (Lipinski definition) is 0. The lowest BCUT2D eigenvalue weighted by atomic mass is 9.86. The van der Waals surface area contributed by atoms with Crippen LogP contribution in [-0.2, 0) is 0 Å². The summed E-state index contributed by atoms with van der Waals surface area (Å²) in [4.78, 5) is 15.4. The van der Waals surface area contributed by atoms with Crippen LogP contribution in [0.2, 0.25) is 0 Å². The quantitative estimate of drug-likeness (QED) is 0.569. The highest BCUT2D eigenvalue weighted by Gasteiger charge is 2.43. The maximum absolute atomic E-state index is 12.6. The van der Waals surface area contributed by atoms with Gasteiger partial charge in [-0.15, -0.1) is 0 Å². The number of carbonyl (C=O) groups excluding carboxylic acids is 1. The van der Waals surface area contributed by atoms with Crippen LogP contribution in [0.15, 0.2) is 48.5 Å². The van der Waals surface area contributed by atoms with Crippen molar-refractivity contribution in [1.82, 2.24) is 4.90 Å². The fourth-order valence-corrected chi connectivity index (χ4v) is 6.17. The zero-order chi connectivity index (χ0) is 21.2. The van der Waals surface area contributed by atoms with Gasteiger partial charge in [0.15, 0.2) is 12.4 Å². The van der Waals surface area contributed by atoms with Crippen LogP contribution < -0.4 is 9.47 Å². The highest BCUT2D eigenvalue weighted by Crippen LogP contribution is 2.47. The standard InChI is InChI=1S/C27H33NO3/c1-30-23-6-4-5-22(17-23)26(29)18-31-27-8-3-2-7-24(27)20-11-13-28(14-12-20)25-16-19-9-10-21(25)15-19/h2-8,17,19-21,25H,9-16,18H2,1H3/t19-,21-,25-/m0/s1. The number of carbonyl (C=O) groups is 1. The molecule has 3 aliphatic rings. The third-order valence-electron chi connectivity index (χ3n) is 7.81. The summed E-state index contributed by atoms with van der Waals surface area (Å²) in [6, 6.07) is 16.4. The van der Waals surface area contributed by atoms with Crippen LogP contribution in [0.4, 0.5) is 0 Å². The van der Waals surface area contributed by atoms with E-state index in [1.165, 1.54) is 57.2 Å². The first-order valence-electron chi connectivity index (χ1n) is 11.8. The number of benzene rings is 2. The minimum Gasteiger partial charge on any atom is -0.497 e.